The molecule has 0 atom stereocenters. The summed E-state index contributed by atoms with van der Waals surface area (Å²) >= 11 is 0. The van der Waals surface area contributed by atoms with Crippen LogP contribution in [0.3, 0.4) is 0 Å². The second-order valence-corrected chi connectivity index (χ2v) is 5.45. The minimum Gasteiger partial charge on any atom is -0.425 e. The Labute approximate surface area is 104 Å². The van der Waals surface area contributed by atoms with E-state index in [1.54, 1.807) is 0 Å². The monoisotopic (exact) mass is 239 g/mol. The second kappa shape index (κ2) is 6.15. The van der Waals surface area contributed by atoms with Crippen LogP contribution in [0.15, 0.2) is 4.42 Å². The molecule has 0 aromatic carbocycles. The summed E-state index contributed by atoms with van der Waals surface area (Å²) in [6.45, 7) is 11.7. The third-order valence-corrected chi connectivity index (χ3v) is 3.05. The quantitative estimate of drug-likeness (QED) is 0.743. The highest BCUT2D eigenvalue weighted by Gasteiger charge is 2.24. The number of aromatic nitrogens is 2. The van der Waals surface area contributed by atoms with Crippen molar-refractivity contribution < 1.29 is 4.42 Å². The second-order valence-electron chi connectivity index (χ2n) is 5.45. The Morgan fingerprint density at radius 3 is 2.59 bits per heavy atom. The van der Waals surface area contributed by atoms with Crippen LogP contribution < -0.4 is 5.32 Å². The highest BCUT2D eigenvalue weighted by molar-refractivity contribution is 4.98. The first-order valence-electron chi connectivity index (χ1n) is 6.52. The summed E-state index contributed by atoms with van der Waals surface area (Å²) in [6.07, 6.45) is 2.89. The average Bonchev–Trinajstić information content (AvgIpc) is 2.73. The Kier molecular flexibility index (Phi) is 5.12. The Morgan fingerprint density at radius 1 is 1.29 bits per heavy atom. The summed E-state index contributed by atoms with van der Waals surface area (Å²) < 4.78 is 5.70. The van der Waals surface area contributed by atoms with Gasteiger partial charge in [0.1, 0.15) is 0 Å². The predicted octanol–water partition coefficient (Wildman–Crippen LogP) is 2.69. The van der Waals surface area contributed by atoms with E-state index in [0.29, 0.717) is 6.04 Å². The lowest BCUT2D eigenvalue weighted by Gasteiger charge is -2.16. The largest absolute Gasteiger partial charge is 0.425 e. The molecule has 17 heavy (non-hydrogen) atoms. The van der Waals surface area contributed by atoms with Gasteiger partial charge in [0.15, 0.2) is 0 Å². The van der Waals surface area contributed by atoms with Crippen molar-refractivity contribution in [3.63, 3.8) is 0 Å². The third kappa shape index (κ3) is 4.46. The zero-order valence-electron chi connectivity index (χ0n) is 11.7. The number of nitrogens with one attached hydrogen (secondary N) is 1. The van der Waals surface area contributed by atoms with E-state index in [9.17, 15) is 0 Å². The Balaban J connectivity index is 2.41. The molecule has 0 bridgehead atoms. The van der Waals surface area contributed by atoms with E-state index < -0.39 is 0 Å². The van der Waals surface area contributed by atoms with E-state index in [1.165, 1.54) is 0 Å². The smallest absolute Gasteiger partial charge is 0.222 e. The highest BCUT2D eigenvalue weighted by atomic mass is 16.4. The molecule has 0 radical (unpaired) electrons. The van der Waals surface area contributed by atoms with Gasteiger partial charge < -0.3 is 9.73 Å². The minimum absolute atomic E-state index is 0.0125. The number of hydrogen-bond donors (Lipinski definition) is 1. The van der Waals surface area contributed by atoms with Crippen LogP contribution in [0.25, 0.3) is 0 Å². The molecule has 1 aromatic rings. The number of hydrogen-bond acceptors (Lipinski definition) is 4. The van der Waals surface area contributed by atoms with Gasteiger partial charge in [-0.1, -0.05) is 34.6 Å². The lowest BCUT2D eigenvalue weighted by atomic mass is 9.90. The van der Waals surface area contributed by atoms with Gasteiger partial charge in [-0.3, -0.25) is 0 Å². The van der Waals surface area contributed by atoms with Gasteiger partial charge >= 0.3 is 0 Å². The molecule has 0 aliphatic carbocycles. The molecule has 4 nitrogen and oxygen atoms in total. The van der Waals surface area contributed by atoms with E-state index in [1.807, 2.05) is 0 Å². The Bertz CT molecular complexity index is 331. The molecule has 0 unspecified atom stereocenters. The van der Waals surface area contributed by atoms with E-state index in [-0.39, 0.29) is 5.41 Å². The molecule has 1 rings (SSSR count). The maximum Gasteiger partial charge on any atom is 0.222 e. The van der Waals surface area contributed by atoms with Gasteiger partial charge in [0.25, 0.3) is 0 Å². The molecule has 0 fully saturated rings. The topological polar surface area (TPSA) is 51.0 Å². The number of nitrogens with zero attached hydrogens (tertiary/aromatic N) is 2. The van der Waals surface area contributed by atoms with Crippen LogP contribution in [0.2, 0.25) is 0 Å². The average molecular weight is 239 g/mol. The summed E-state index contributed by atoms with van der Waals surface area (Å²) in [5.41, 5.74) is -0.0125. The van der Waals surface area contributed by atoms with Gasteiger partial charge in [-0.15, -0.1) is 10.2 Å². The fourth-order valence-electron chi connectivity index (χ4n) is 1.41. The fourth-order valence-corrected chi connectivity index (χ4v) is 1.41. The zero-order chi connectivity index (χ0) is 12.9. The summed E-state index contributed by atoms with van der Waals surface area (Å²) in [6, 6.07) is 0.535. The molecule has 0 aliphatic rings. The molecule has 98 valence electrons. The van der Waals surface area contributed by atoms with E-state index in [2.05, 4.69) is 50.1 Å². The van der Waals surface area contributed by atoms with Crippen LogP contribution in [-0.4, -0.2) is 22.8 Å². The first-order valence-corrected chi connectivity index (χ1v) is 6.52. The summed E-state index contributed by atoms with van der Waals surface area (Å²) in [7, 11) is 0. The van der Waals surface area contributed by atoms with Crippen LogP contribution in [-0.2, 0) is 11.8 Å². The van der Waals surface area contributed by atoms with Gasteiger partial charge in [0.05, 0.1) is 0 Å². The minimum atomic E-state index is -0.0125. The highest BCUT2D eigenvalue weighted by Crippen LogP contribution is 2.25. The predicted molar refractivity (Wildman–Crippen MR) is 69.1 cm³/mol. The Hall–Kier alpha value is -0.900. The number of aryl methyl sites for hydroxylation is 1. The summed E-state index contributed by atoms with van der Waals surface area (Å²) in [4.78, 5) is 0. The van der Waals surface area contributed by atoms with Gasteiger partial charge in [-0.25, -0.2) is 0 Å². The molecular formula is C13H25N3O. The summed E-state index contributed by atoms with van der Waals surface area (Å²) in [5, 5.41) is 11.6. The van der Waals surface area contributed by atoms with Crippen molar-refractivity contribution in [2.75, 3.05) is 6.54 Å². The van der Waals surface area contributed by atoms with Crippen molar-refractivity contribution in [1.82, 2.24) is 15.5 Å². The van der Waals surface area contributed by atoms with Crippen molar-refractivity contribution in [2.45, 2.75) is 65.3 Å². The van der Waals surface area contributed by atoms with Crippen molar-refractivity contribution in [3.8, 4) is 0 Å². The molecule has 1 heterocycles. The molecule has 0 amide bonds. The SMILES string of the molecule is CCC(C)(C)c1nnc(CCCNC(C)C)o1. The zero-order valence-corrected chi connectivity index (χ0v) is 11.7. The first-order chi connectivity index (χ1) is 7.95. The van der Waals surface area contributed by atoms with E-state index in [0.717, 1.165) is 37.6 Å². The Morgan fingerprint density at radius 2 is 2.00 bits per heavy atom. The van der Waals surface area contributed by atoms with Crippen molar-refractivity contribution >= 4 is 0 Å². The standard InChI is InChI=1S/C13H25N3O/c1-6-13(4,5)12-16-15-11(17-12)8-7-9-14-10(2)3/h10,14H,6-9H2,1-5H3. The molecule has 0 aliphatic heterocycles. The third-order valence-electron chi connectivity index (χ3n) is 3.05. The normalized spacial score (nSPS) is 12.4. The summed E-state index contributed by atoms with van der Waals surface area (Å²) in [5.74, 6) is 1.51. The van der Waals surface area contributed by atoms with Crippen molar-refractivity contribution in [2.24, 2.45) is 0 Å². The van der Waals surface area contributed by atoms with Crippen LogP contribution in [0.5, 0.6) is 0 Å². The lowest BCUT2D eigenvalue weighted by Crippen LogP contribution is -2.23. The van der Waals surface area contributed by atoms with Gasteiger partial charge in [0, 0.05) is 17.9 Å². The van der Waals surface area contributed by atoms with Crippen molar-refractivity contribution in [1.29, 1.82) is 0 Å². The van der Waals surface area contributed by atoms with Gasteiger partial charge in [-0.2, -0.15) is 0 Å². The van der Waals surface area contributed by atoms with Crippen molar-refractivity contribution in [3.05, 3.63) is 11.8 Å². The molecule has 1 aromatic heterocycles. The lowest BCUT2D eigenvalue weighted by molar-refractivity contribution is 0.342. The molecule has 4 heteroatoms. The molecule has 1 N–H and O–H groups in total. The van der Waals surface area contributed by atoms with Crippen LogP contribution in [0.4, 0.5) is 0 Å². The maximum atomic E-state index is 5.70. The van der Waals surface area contributed by atoms with Crippen LogP contribution in [0.1, 0.15) is 59.2 Å². The first kappa shape index (κ1) is 14.2. The van der Waals surface area contributed by atoms with Crippen LogP contribution >= 0.6 is 0 Å². The number of rotatable bonds is 7. The van der Waals surface area contributed by atoms with Crippen LogP contribution in [0, 0.1) is 0 Å². The molecule has 0 spiro atoms. The fraction of sp³-hybridized carbons (Fsp3) is 0.846. The molecule has 0 saturated heterocycles. The molecule has 0 saturated carbocycles. The van der Waals surface area contributed by atoms with Gasteiger partial charge in [0.2, 0.25) is 11.8 Å². The van der Waals surface area contributed by atoms with E-state index >= 15 is 0 Å². The van der Waals surface area contributed by atoms with Gasteiger partial charge in [-0.05, 0) is 19.4 Å². The molecular weight excluding hydrogens is 214 g/mol. The van der Waals surface area contributed by atoms with E-state index in [4.69, 9.17) is 4.42 Å². The maximum absolute atomic E-state index is 5.70.